The van der Waals surface area contributed by atoms with E-state index >= 15 is 0 Å². The van der Waals surface area contributed by atoms with E-state index in [0.29, 0.717) is 10.2 Å². The van der Waals surface area contributed by atoms with Crippen LogP contribution in [0.5, 0.6) is 0 Å². The minimum Gasteiger partial charge on any atom is -0.467 e. The van der Waals surface area contributed by atoms with Gasteiger partial charge >= 0.3 is 5.97 Å². The van der Waals surface area contributed by atoms with Crippen molar-refractivity contribution in [3.8, 4) is 0 Å². The Balaban J connectivity index is 2.70. The summed E-state index contributed by atoms with van der Waals surface area (Å²) in [6.45, 7) is 1.44. The number of carbonyl (C=O) groups excluding carboxylic acids is 2. The zero-order valence-corrected chi connectivity index (χ0v) is 12.1. The second kappa shape index (κ2) is 7.08. The van der Waals surface area contributed by atoms with Gasteiger partial charge in [0.25, 0.3) is 0 Å². The largest absolute Gasteiger partial charge is 0.467 e. The lowest BCUT2D eigenvalue weighted by Crippen LogP contribution is -2.45. The van der Waals surface area contributed by atoms with Crippen LogP contribution in [0.3, 0.4) is 0 Å². The predicted octanol–water partition coefficient (Wildman–Crippen LogP) is 1.68. The molecule has 0 fully saturated rings. The molecule has 19 heavy (non-hydrogen) atoms. The second-order valence-corrected chi connectivity index (χ2v) is 4.64. The third kappa shape index (κ3) is 4.86. The van der Waals surface area contributed by atoms with E-state index < -0.39 is 12.0 Å². The van der Waals surface area contributed by atoms with E-state index in [1.807, 2.05) is 0 Å². The van der Waals surface area contributed by atoms with Crippen LogP contribution in [0.1, 0.15) is 6.92 Å². The lowest BCUT2D eigenvalue weighted by atomic mass is 10.2. The maximum absolute atomic E-state index is 12.9. The molecule has 0 bridgehead atoms. The van der Waals surface area contributed by atoms with Crippen LogP contribution < -0.4 is 10.6 Å². The fraction of sp³-hybridized carbons (Fsp3) is 0.333. The summed E-state index contributed by atoms with van der Waals surface area (Å²) in [5, 5.41) is 5.40. The van der Waals surface area contributed by atoms with Gasteiger partial charge < -0.3 is 15.4 Å². The Morgan fingerprint density at radius 3 is 2.68 bits per heavy atom. The molecule has 0 aromatic heterocycles. The average molecular weight is 333 g/mol. The number of esters is 1. The average Bonchev–Trinajstić information content (AvgIpc) is 2.34. The van der Waals surface area contributed by atoms with E-state index in [0.717, 1.165) is 0 Å². The van der Waals surface area contributed by atoms with Crippen LogP contribution >= 0.6 is 15.9 Å². The second-order valence-electron chi connectivity index (χ2n) is 3.78. The lowest BCUT2D eigenvalue weighted by molar-refractivity contribution is -0.144. The first kappa shape index (κ1) is 15.4. The molecule has 7 heteroatoms. The molecule has 5 nitrogen and oxygen atoms in total. The Bertz CT molecular complexity index is 482. The number of anilines is 1. The van der Waals surface area contributed by atoms with E-state index in [2.05, 4.69) is 31.3 Å². The highest BCUT2D eigenvalue weighted by molar-refractivity contribution is 9.10. The van der Waals surface area contributed by atoms with Crippen LogP contribution in [-0.4, -0.2) is 31.6 Å². The molecule has 0 aliphatic carbocycles. The quantitative estimate of drug-likeness (QED) is 0.805. The zero-order valence-electron chi connectivity index (χ0n) is 10.5. The molecule has 0 spiro atoms. The summed E-state index contributed by atoms with van der Waals surface area (Å²) >= 11 is 3.20. The fourth-order valence-corrected chi connectivity index (χ4v) is 1.92. The molecule has 104 valence electrons. The summed E-state index contributed by atoms with van der Waals surface area (Å²) in [6, 6.07) is 3.31. The van der Waals surface area contributed by atoms with Gasteiger partial charge in [-0.25, -0.2) is 9.18 Å². The molecule has 1 unspecified atom stereocenters. The van der Waals surface area contributed by atoms with Gasteiger partial charge in [-0.2, -0.15) is 0 Å². The first-order chi connectivity index (χ1) is 8.93. The molecule has 0 saturated carbocycles. The minimum atomic E-state index is -0.806. The van der Waals surface area contributed by atoms with Crippen LogP contribution in [0.2, 0.25) is 0 Å². The molecule has 1 atom stereocenters. The highest BCUT2D eigenvalue weighted by atomic mass is 79.9. The summed E-state index contributed by atoms with van der Waals surface area (Å²) < 4.78 is 18.0. The number of hydrogen-bond donors (Lipinski definition) is 2. The maximum Gasteiger partial charge on any atom is 0.330 e. The Morgan fingerprint density at radius 1 is 1.47 bits per heavy atom. The molecule has 1 aromatic carbocycles. The molecule has 0 aliphatic heterocycles. The molecule has 1 amide bonds. The molecular formula is C12H14BrFN2O3. The number of ether oxygens (including phenoxy) is 1. The van der Waals surface area contributed by atoms with Crippen LogP contribution in [0.4, 0.5) is 10.1 Å². The summed E-state index contributed by atoms with van der Waals surface area (Å²) in [5.41, 5.74) is 0.612. The Hall–Kier alpha value is -1.63. The van der Waals surface area contributed by atoms with Crippen molar-refractivity contribution in [2.24, 2.45) is 0 Å². The van der Waals surface area contributed by atoms with E-state index in [1.165, 1.54) is 32.2 Å². The number of methoxy groups -OCH3 is 1. The molecule has 1 rings (SSSR count). The Kier molecular flexibility index (Phi) is 5.75. The summed E-state index contributed by atoms with van der Waals surface area (Å²) in [5.74, 6) is -1.26. The summed E-state index contributed by atoms with van der Waals surface area (Å²) in [7, 11) is 1.24. The number of hydrogen-bond acceptors (Lipinski definition) is 4. The van der Waals surface area contributed by atoms with Crippen LogP contribution in [0.15, 0.2) is 22.7 Å². The zero-order chi connectivity index (χ0) is 14.4. The number of nitrogens with one attached hydrogen (secondary N) is 2. The first-order valence-electron chi connectivity index (χ1n) is 5.48. The smallest absolute Gasteiger partial charge is 0.330 e. The van der Waals surface area contributed by atoms with Crippen molar-refractivity contribution in [3.63, 3.8) is 0 Å². The highest BCUT2D eigenvalue weighted by Gasteiger charge is 2.20. The van der Waals surface area contributed by atoms with Gasteiger partial charge in [0.15, 0.2) is 0 Å². The third-order valence-electron chi connectivity index (χ3n) is 2.29. The molecular weight excluding hydrogens is 319 g/mol. The van der Waals surface area contributed by atoms with Crippen LogP contribution in [-0.2, 0) is 14.3 Å². The van der Waals surface area contributed by atoms with E-state index in [1.54, 1.807) is 0 Å². The number of rotatable bonds is 5. The van der Waals surface area contributed by atoms with Gasteiger partial charge in [-0.15, -0.1) is 0 Å². The number of halogens is 2. The van der Waals surface area contributed by atoms with Gasteiger partial charge in [0.1, 0.15) is 11.9 Å². The standard InChI is InChI=1S/C12H14BrFN2O3/c1-7(17)16-11(12(18)19-2)6-15-10-4-3-8(14)5-9(10)13/h3-5,11,15H,6H2,1-2H3,(H,16,17). The number of benzene rings is 1. The number of amides is 1. The van der Waals surface area contributed by atoms with Crippen molar-refractivity contribution < 1.29 is 18.7 Å². The molecule has 0 saturated heterocycles. The SMILES string of the molecule is COC(=O)C(CNc1ccc(F)cc1Br)NC(C)=O. The van der Waals surface area contributed by atoms with E-state index in [-0.39, 0.29) is 18.3 Å². The lowest BCUT2D eigenvalue weighted by Gasteiger charge is -2.17. The monoisotopic (exact) mass is 332 g/mol. The Labute approximate surface area is 118 Å². The van der Waals surface area contributed by atoms with E-state index in [4.69, 9.17) is 0 Å². The molecule has 0 radical (unpaired) electrons. The fourth-order valence-electron chi connectivity index (χ4n) is 1.43. The third-order valence-corrected chi connectivity index (χ3v) is 2.95. The minimum absolute atomic E-state index is 0.135. The van der Waals surface area contributed by atoms with Crippen molar-refractivity contribution in [2.75, 3.05) is 19.0 Å². The topological polar surface area (TPSA) is 67.4 Å². The van der Waals surface area contributed by atoms with Gasteiger partial charge in [0.05, 0.1) is 7.11 Å². The summed E-state index contributed by atoms with van der Waals surface area (Å²) in [6.07, 6.45) is 0. The van der Waals surface area contributed by atoms with Gasteiger partial charge in [0.2, 0.25) is 5.91 Å². The van der Waals surface area contributed by atoms with Crippen molar-refractivity contribution in [3.05, 3.63) is 28.5 Å². The predicted molar refractivity (Wildman–Crippen MR) is 72.2 cm³/mol. The van der Waals surface area contributed by atoms with Crippen molar-refractivity contribution in [2.45, 2.75) is 13.0 Å². The van der Waals surface area contributed by atoms with Gasteiger partial charge in [-0.05, 0) is 34.1 Å². The normalized spacial score (nSPS) is 11.6. The van der Waals surface area contributed by atoms with Crippen molar-refractivity contribution in [1.82, 2.24) is 5.32 Å². The number of carbonyl (C=O) groups is 2. The Morgan fingerprint density at radius 2 is 2.16 bits per heavy atom. The molecule has 2 N–H and O–H groups in total. The maximum atomic E-state index is 12.9. The van der Waals surface area contributed by atoms with Crippen LogP contribution in [0.25, 0.3) is 0 Å². The van der Waals surface area contributed by atoms with Crippen LogP contribution in [0, 0.1) is 5.82 Å². The highest BCUT2D eigenvalue weighted by Crippen LogP contribution is 2.22. The first-order valence-corrected chi connectivity index (χ1v) is 6.27. The van der Waals surface area contributed by atoms with Crippen molar-refractivity contribution in [1.29, 1.82) is 0 Å². The van der Waals surface area contributed by atoms with E-state index in [9.17, 15) is 14.0 Å². The van der Waals surface area contributed by atoms with Gasteiger partial charge in [-0.3, -0.25) is 4.79 Å². The van der Waals surface area contributed by atoms with Gasteiger partial charge in [-0.1, -0.05) is 0 Å². The molecule has 0 heterocycles. The molecule has 0 aliphatic rings. The molecule has 1 aromatic rings. The summed E-state index contributed by atoms with van der Waals surface area (Å²) in [4.78, 5) is 22.5. The van der Waals surface area contributed by atoms with Crippen molar-refractivity contribution >= 4 is 33.5 Å². The van der Waals surface area contributed by atoms with Gasteiger partial charge in [0, 0.05) is 23.6 Å².